The van der Waals surface area contributed by atoms with Crippen LogP contribution in [0.15, 0.2) is 16.6 Å². The highest BCUT2D eigenvalue weighted by Gasteiger charge is 2.19. The van der Waals surface area contributed by atoms with Gasteiger partial charge in [-0.15, -0.1) is 0 Å². The molecule has 0 saturated carbocycles. The van der Waals surface area contributed by atoms with Crippen LogP contribution in [-0.2, 0) is 0 Å². The molecule has 0 unspecified atom stereocenters. The molecule has 0 saturated heterocycles. The molecule has 0 aliphatic carbocycles. The smallest absolute Gasteiger partial charge is 0.149 e. The summed E-state index contributed by atoms with van der Waals surface area (Å²) in [5, 5.41) is 0. The van der Waals surface area contributed by atoms with Crippen LogP contribution < -0.4 is 4.74 Å². The maximum atomic E-state index is 6.04. The second-order valence-electron chi connectivity index (χ2n) is 6.11. The zero-order valence-electron chi connectivity index (χ0n) is 12.4. The number of aryl methyl sites for hydroxylation is 1. The highest BCUT2D eigenvalue weighted by atomic mass is 79.9. The van der Waals surface area contributed by atoms with Gasteiger partial charge in [0, 0.05) is 10.5 Å². The molecule has 0 bridgehead atoms. The predicted octanol–water partition coefficient (Wildman–Crippen LogP) is 4.87. The molecule has 0 fully saturated rings. The Bertz CT molecular complexity index is 609. The third-order valence-electron chi connectivity index (χ3n) is 2.83. The van der Waals surface area contributed by atoms with Gasteiger partial charge in [-0.05, 0) is 53.7 Å². The first-order chi connectivity index (χ1) is 8.69. The normalized spacial score (nSPS) is 12.4. The minimum Gasteiger partial charge on any atom is -0.486 e. The first kappa shape index (κ1) is 14.4. The van der Waals surface area contributed by atoms with Gasteiger partial charge in [0.15, 0.2) is 0 Å². The lowest BCUT2D eigenvalue weighted by molar-refractivity contribution is 0.133. The number of benzene rings is 1. The van der Waals surface area contributed by atoms with Crippen molar-refractivity contribution >= 4 is 27.0 Å². The molecule has 0 radical (unpaired) electrons. The zero-order valence-corrected chi connectivity index (χ0v) is 14.0. The van der Waals surface area contributed by atoms with Crippen LogP contribution >= 0.6 is 15.9 Å². The largest absolute Gasteiger partial charge is 0.486 e. The third kappa shape index (κ3) is 2.94. The number of fused-ring (bicyclic) bond motifs is 1. The number of hydrogen-bond acceptors (Lipinski definition) is 2. The third-order valence-corrected chi connectivity index (χ3v) is 3.29. The minimum absolute atomic E-state index is 0.233. The summed E-state index contributed by atoms with van der Waals surface area (Å²) in [5.74, 6) is 1.85. The van der Waals surface area contributed by atoms with Crippen molar-refractivity contribution in [1.82, 2.24) is 9.55 Å². The summed E-state index contributed by atoms with van der Waals surface area (Å²) < 4.78 is 9.28. The van der Waals surface area contributed by atoms with Crippen molar-refractivity contribution in [2.45, 2.75) is 53.2 Å². The van der Waals surface area contributed by atoms with Gasteiger partial charge >= 0.3 is 0 Å². The zero-order chi connectivity index (χ0) is 14.4. The van der Waals surface area contributed by atoms with E-state index < -0.39 is 0 Å². The van der Waals surface area contributed by atoms with Crippen LogP contribution in [0.4, 0.5) is 0 Å². The van der Waals surface area contributed by atoms with E-state index in [0.29, 0.717) is 6.04 Å². The Kier molecular flexibility index (Phi) is 3.65. The lowest BCUT2D eigenvalue weighted by Gasteiger charge is -2.21. The van der Waals surface area contributed by atoms with Crippen molar-refractivity contribution in [3.63, 3.8) is 0 Å². The summed E-state index contributed by atoms with van der Waals surface area (Å²) in [6.07, 6.45) is 0. The van der Waals surface area contributed by atoms with Gasteiger partial charge in [0.1, 0.15) is 22.7 Å². The van der Waals surface area contributed by atoms with Crippen molar-refractivity contribution in [3.8, 4) is 5.75 Å². The fraction of sp³-hybridized carbons (Fsp3) is 0.533. The van der Waals surface area contributed by atoms with Crippen LogP contribution in [0.2, 0.25) is 0 Å². The molecular weight excluding hydrogens is 304 g/mol. The topological polar surface area (TPSA) is 27.1 Å². The molecule has 3 nitrogen and oxygen atoms in total. The van der Waals surface area contributed by atoms with E-state index in [9.17, 15) is 0 Å². The predicted molar refractivity (Wildman–Crippen MR) is 82.9 cm³/mol. The Morgan fingerprint density at radius 2 is 1.89 bits per heavy atom. The number of rotatable bonds is 2. The number of hydrogen-bond donors (Lipinski definition) is 0. The number of imidazole rings is 1. The van der Waals surface area contributed by atoms with Gasteiger partial charge in [0.05, 0.1) is 5.52 Å². The maximum absolute atomic E-state index is 6.04. The number of halogens is 1. The van der Waals surface area contributed by atoms with E-state index in [1.165, 1.54) is 0 Å². The number of aromatic nitrogens is 2. The Morgan fingerprint density at radius 3 is 2.42 bits per heavy atom. The molecule has 0 atom stereocenters. The summed E-state index contributed by atoms with van der Waals surface area (Å²) in [4.78, 5) is 4.68. The fourth-order valence-electron chi connectivity index (χ4n) is 2.31. The second kappa shape index (κ2) is 4.82. The summed E-state index contributed by atoms with van der Waals surface area (Å²) in [5.41, 5.74) is 1.81. The molecule has 19 heavy (non-hydrogen) atoms. The average Bonchev–Trinajstić information content (AvgIpc) is 2.51. The van der Waals surface area contributed by atoms with E-state index in [4.69, 9.17) is 4.74 Å². The summed E-state index contributed by atoms with van der Waals surface area (Å²) >= 11 is 3.56. The van der Waals surface area contributed by atoms with Crippen LogP contribution in [0.3, 0.4) is 0 Å². The van der Waals surface area contributed by atoms with Crippen molar-refractivity contribution in [1.29, 1.82) is 0 Å². The summed E-state index contributed by atoms with van der Waals surface area (Å²) in [6.45, 7) is 12.5. The monoisotopic (exact) mass is 324 g/mol. The molecule has 1 aromatic carbocycles. The molecule has 0 aliphatic rings. The van der Waals surface area contributed by atoms with Gasteiger partial charge in [-0.1, -0.05) is 15.9 Å². The van der Waals surface area contributed by atoms with E-state index in [1.807, 2.05) is 33.8 Å². The number of ether oxygens (including phenoxy) is 1. The van der Waals surface area contributed by atoms with Crippen molar-refractivity contribution < 1.29 is 4.74 Å². The lowest BCUT2D eigenvalue weighted by Crippen LogP contribution is -2.23. The Balaban J connectivity index is 2.69. The molecule has 1 heterocycles. The van der Waals surface area contributed by atoms with Crippen LogP contribution in [0, 0.1) is 6.92 Å². The molecule has 1 aromatic heterocycles. The first-order valence-electron chi connectivity index (χ1n) is 6.56. The Hall–Kier alpha value is -1.03. The van der Waals surface area contributed by atoms with E-state index >= 15 is 0 Å². The van der Waals surface area contributed by atoms with Gasteiger partial charge in [-0.3, -0.25) is 0 Å². The highest BCUT2D eigenvalue weighted by molar-refractivity contribution is 9.10. The van der Waals surface area contributed by atoms with E-state index in [0.717, 1.165) is 27.1 Å². The second-order valence-corrected chi connectivity index (χ2v) is 7.02. The summed E-state index contributed by atoms with van der Waals surface area (Å²) in [6, 6.07) is 4.47. The molecule has 0 amide bonds. The quantitative estimate of drug-likeness (QED) is 0.788. The minimum atomic E-state index is -0.233. The van der Waals surface area contributed by atoms with E-state index in [1.54, 1.807) is 0 Å². The Morgan fingerprint density at radius 1 is 1.26 bits per heavy atom. The standard InChI is InChI=1S/C15H21BrN2O/c1-9(2)18-10(3)17-14-12(18)7-11(16)8-13(14)19-15(4,5)6/h7-9H,1-6H3. The van der Waals surface area contributed by atoms with Crippen LogP contribution in [-0.4, -0.2) is 15.2 Å². The highest BCUT2D eigenvalue weighted by Crippen LogP contribution is 2.33. The SMILES string of the molecule is Cc1nc2c(OC(C)(C)C)cc(Br)cc2n1C(C)C. The number of nitrogens with zero attached hydrogens (tertiary/aromatic N) is 2. The van der Waals surface area contributed by atoms with Crippen molar-refractivity contribution in [2.24, 2.45) is 0 Å². The van der Waals surface area contributed by atoms with Crippen LogP contribution in [0.25, 0.3) is 11.0 Å². The fourth-order valence-corrected chi connectivity index (χ4v) is 2.73. The molecule has 104 valence electrons. The average molecular weight is 325 g/mol. The summed E-state index contributed by atoms with van der Waals surface area (Å²) in [7, 11) is 0. The molecule has 2 aromatic rings. The van der Waals surface area contributed by atoms with E-state index in [-0.39, 0.29) is 5.60 Å². The molecule has 0 aliphatic heterocycles. The van der Waals surface area contributed by atoms with Crippen molar-refractivity contribution in [3.05, 3.63) is 22.4 Å². The van der Waals surface area contributed by atoms with E-state index in [2.05, 4.69) is 45.4 Å². The van der Waals surface area contributed by atoms with Crippen LogP contribution in [0.1, 0.15) is 46.5 Å². The molecule has 0 N–H and O–H groups in total. The van der Waals surface area contributed by atoms with Gasteiger partial charge in [0.2, 0.25) is 0 Å². The maximum Gasteiger partial charge on any atom is 0.149 e. The van der Waals surface area contributed by atoms with Crippen molar-refractivity contribution in [2.75, 3.05) is 0 Å². The Labute approximate surface area is 123 Å². The molecule has 0 spiro atoms. The van der Waals surface area contributed by atoms with Gasteiger partial charge in [0.25, 0.3) is 0 Å². The molecule has 4 heteroatoms. The van der Waals surface area contributed by atoms with Gasteiger partial charge in [-0.25, -0.2) is 4.98 Å². The molecular formula is C15H21BrN2O. The van der Waals surface area contributed by atoms with Gasteiger partial charge < -0.3 is 9.30 Å². The van der Waals surface area contributed by atoms with Gasteiger partial charge in [-0.2, -0.15) is 0 Å². The lowest BCUT2D eigenvalue weighted by atomic mass is 10.2. The van der Waals surface area contributed by atoms with Crippen LogP contribution in [0.5, 0.6) is 5.75 Å². The first-order valence-corrected chi connectivity index (χ1v) is 7.35. The molecule has 2 rings (SSSR count).